The molecule has 33 heavy (non-hydrogen) atoms. The van der Waals surface area contributed by atoms with E-state index < -0.39 is 10.0 Å². The molecule has 0 N–H and O–H groups in total. The maximum Gasteiger partial charge on any atom is 0.253 e. The summed E-state index contributed by atoms with van der Waals surface area (Å²) in [6.07, 6.45) is 2.35. The Bertz CT molecular complexity index is 1140. The van der Waals surface area contributed by atoms with Crippen molar-refractivity contribution < 1.29 is 17.9 Å². The molecule has 1 aliphatic rings. The largest absolute Gasteiger partial charge is 0.495 e. The van der Waals surface area contributed by atoms with Crippen LogP contribution < -0.4 is 9.64 Å². The molecule has 1 aliphatic heterocycles. The van der Waals surface area contributed by atoms with Crippen LogP contribution in [0.3, 0.4) is 0 Å². The number of carbonyl (C=O) groups is 1. The van der Waals surface area contributed by atoms with E-state index in [-0.39, 0.29) is 16.6 Å². The molecule has 10 heteroatoms. The Morgan fingerprint density at radius 2 is 1.94 bits per heavy atom. The van der Waals surface area contributed by atoms with Gasteiger partial charge in [-0.25, -0.2) is 13.4 Å². The Morgan fingerprint density at radius 3 is 2.61 bits per heavy atom. The number of benzene rings is 1. The molecule has 0 radical (unpaired) electrons. The summed E-state index contributed by atoms with van der Waals surface area (Å²) in [6.45, 7) is 6.33. The van der Waals surface area contributed by atoms with Crippen molar-refractivity contribution in [2.45, 2.75) is 25.2 Å². The van der Waals surface area contributed by atoms with Crippen molar-refractivity contribution in [3.05, 3.63) is 47.7 Å². The van der Waals surface area contributed by atoms with Gasteiger partial charge in [0.1, 0.15) is 22.5 Å². The molecule has 0 saturated carbocycles. The number of hydrogen-bond donors (Lipinski definition) is 0. The third-order valence-electron chi connectivity index (χ3n) is 5.72. The molecule has 1 fully saturated rings. The smallest absolute Gasteiger partial charge is 0.253 e. The summed E-state index contributed by atoms with van der Waals surface area (Å²) < 4.78 is 32.9. The van der Waals surface area contributed by atoms with Crippen LogP contribution in [0.15, 0.2) is 41.4 Å². The van der Waals surface area contributed by atoms with Gasteiger partial charge >= 0.3 is 0 Å². The van der Waals surface area contributed by atoms with Crippen LogP contribution in [0.25, 0.3) is 0 Å². The number of nitrogens with zero attached hydrogens (tertiary/aromatic N) is 5. The van der Waals surface area contributed by atoms with Gasteiger partial charge in [-0.1, -0.05) is 13.8 Å². The third-order valence-corrected chi connectivity index (χ3v) is 7.79. The number of anilines is 1. The molecule has 0 unspecified atom stereocenters. The predicted molar refractivity (Wildman–Crippen MR) is 125 cm³/mol. The molecule has 2 heterocycles. The summed E-state index contributed by atoms with van der Waals surface area (Å²) in [4.78, 5) is 21.4. The van der Waals surface area contributed by atoms with Crippen molar-refractivity contribution in [1.29, 1.82) is 5.26 Å². The van der Waals surface area contributed by atoms with Gasteiger partial charge < -0.3 is 14.5 Å². The Labute approximate surface area is 195 Å². The van der Waals surface area contributed by atoms with E-state index in [1.54, 1.807) is 43.1 Å². The molecule has 1 saturated heterocycles. The predicted octanol–water partition coefficient (Wildman–Crippen LogP) is 2.34. The summed E-state index contributed by atoms with van der Waals surface area (Å²) >= 11 is 0. The van der Waals surface area contributed by atoms with Gasteiger partial charge in [-0.05, 0) is 36.8 Å². The molecule has 176 valence electrons. The zero-order valence-corrected chi connectivity index (χ0v) is 20.0. The minimum Gasteiger partial charge on any atom is -0.495 e. The Hall–Kier alpha value is -3.16. The van der Waals surface area contributed by atoms with Crippen molar-refractivity contribution in [3.8, 4) is 11.8 Å². The summed E-state index contributed by atoms with van der Waals surface area (Å²) in [5, 5.41) is 9.37. The fourth-order valence-corrected chi connectivity index (χ4v) is 5.60. The molecule has 0 spiro atoms. The van der Waals surface area contributed by atoms with Crippen molar-refractivity contribution in [3.63, 3.8) is 0 Å². The highest BCUT2D eigenvalue weighted by atomic mass is 32.2. The second-order valence-electron chi connectivity index (χ2n) is 7.57. The molecule has 9 nitrogen and oxygen atoms in total. The number of methoxy groups -OCH3 is 1. The zero-order chi connectivity index (χ0) is 24.0. The monoisotopic (exact) mass is 471 g/mol. The quantitative estimate of drug-likeness (QED) is 0.610. The number of rotatable bonds is 7. The highest BCUT2D eigenvalue weighted by Crippen LogP contribution is 2.28. The average molecular weight is 472 g/mol. The molecule has 0 aliphatic carbocycles. The second-order valence-corrected chi connectivity index (χ2v) is 9.48. The van der Waals surface area contributed by atoms with Crippen LogP contribution in [0.5, 0.6) is 5.75 Å². The van der Waals surface area contributed by atoms with Crippen molar-refractivity contribution in [2.75, 3.05) is 51.3 Å². The number of hydrogen-bond acceptors (Lipinski definition) is 7. The number of amides is 1. The molecule has 3 rings (SSSR count). The summed E-state index contributed by atoms with van der Waals surface area (Å²) in [5.41, 5.74) is 0.796. The lowest BCUT2D eigenvalue weighted by molar-refractivity contribution is 0.0766. The van der Waals surface area contributed by atoms with Gasteiger partial charge in [0.05, 0.1) is 12.7 Å². The zero-order valence-electron chi connectivity index (χ0n) is 19.2. The van der Waals surface area contributed by atoms with Gasteiger partial charge in [0, 0.05) is 51.0 Å². The lowest BCUT2D eigenvalue weighted by Gasteiger charge is -2.24. The Kier molecular flexibility index (Phi) is 7.89. The van der Waals surface area contributed by atoms with Crippen LogP contribution in [-0.4, -0.2) is 74.9 Å². The fourth-order valence-electron chi connectivity index (χ4n) is 3.97. The number of carbonyl (C=O) groups excluding carboxylic acids is 1. The lowest BCUT2D eigenvalue weighted by atomic mass is 10.2. The Balaban J connectivity index is 1.85. The van der Waals surface area contributed by atoms with Crippen molar-refractivity contribution >= 4 is 21.7 Å². The van der Waals surface area contributed by atoms with Gasteiger partial charge in [0.2, 0.25) is 10.0 Å². The number of nitriles is 1. The molecule has 2 aromatic rings. The van der Waals surface area contributed by atoms with Gasteiger partial charge in [-0.2, -0.15) is 9.57 Å². The second kappa shape index (κ2) is 10.6. The molecule has 1 aromatic carbocycles. The van der Waals surface area contributed by atoms with Gasteiger partial charge in [0.15, 0.2) is 0 Å². The first kappa shape index (κ1) is 24.5. The van der Waals surface area contributed by atoms with Crippen LogP contribution in [0.4, 0.5) is 5.82 Å². The normalized spacial score (nSPS) is 14.6. The van der Waals surface area contributed by atoms with Gasteiger partial charge in [-0.3, -0.25) is 4.79 Å². The molecule has 0 bridgehead atoms. The highest BCUT2D eigenvalue weighted by Gasteiger charge is 2.28. The number of aromatic nitrogens is 1. The van der Waals surface area contributed by atoms with Crippen molar-refractivity contribution in [2.24, 2.45) is 0 Å². The van der Waals surface area contributed by atoms with Crippen molar-refractivity contribution in [1.82, 2.24) is 14.2 Å². The lowest BCUT2D eigenvalue weighted by Crippen LogP contribution is -2.36. The SMILES string of the molecule is CCN(CC)S(=O)(=O)c1cc(C(=O)N2CCCN(c3ncccc3C#N)CC2)ccc1OC. The number of pyridine rings is 1. The third kappa shape index (κ3) is 5.10. The van der Waals surface area contributed by atoms with E-state index in [1.165, 1.54) is 23.5 Å². The Morgan fingerprint density at radius 1 is 1.18 bits per heavy atom. The van der Waals surface area contributed by atoms with Crippen LogP contribution >= 0.6 is 0 Å². The summed E-state index contributed by atoms with van der Waals surface area (Å²) in [7, 11) is -2.39. The number of ether oxygens (including phenoxy) is 1. The van der Waals surface area contributed by atoms with Gasteiger partial charge in [0.25, 0.3) is 5.91 Å². The minimum atomic E-state index is -3.80. The molecule has 1 aromatic heterocycles. The van der Waals surface area contributed by atoms with E-state index >= 15 is 0 Å². The van der Waals surface area contributed by atoms with E-state index in [9.17, 15) is 18.5 Å². The summed E-state index contributed by atoms with van der Waals surface area (Å²) in [6, 6.07) is 10.1. The first-order chi connectivity index (χ1) is 15.9. The minimum absolute atomic E-state index is 0.0110. The topological polar surface area (TPSA) is 107 Å². The van der Waals surface area contributed by atoms with Crippen LogP contribution in [0.1, 0.15) is 36.2 Å². The van der Waals surface area contributed by atoms with E-state index in [2.05, 4.69) is 11.1 Å². The first-order valence-electron chi connectivity index (χ1n) is 10.9. The first-order valence-corrected chi connectivity index (χ1v) is 12.4. The average Bonchev–Trinajstić information content (AvgIpc) is 3.10. The molecule has 0 atom stereocenters. The number of sulfonamides is 1. The maximum atomic E-state index is 13.3. The van der Waals surface area contributed by atoms with E-state index in [4.69, 9.17) is 4.74 Å². The van der Waals surface area contributed by atoms with Crippen LogP contribution in [-0.2, 0) is 10.0 Å². The molecule has 1 amide bonds. The standard InChI is InChI=1S/C23H29N5O4S/c1-4-28(5-2)33(30,31)21-16-18(9-10-20(21)32-3)23(29)27-13-7-12-26(14-15-27)22-19(17-24)8-6-11-25-22/h6,8-11,16H,4-5,7,12-15H2,1-3H3. The summed E-state index contributed by atoms with van der Waals surface area (Å²) in [5.74, 6) is 0.586. The fraction of sp³-hybridized carbons (Fsp3) is 0.435. The van der Waals surface area contributed by atoms with E-state index in [0.29, 0.717) is 62.6 Å². The highest BCUT2D eigenvalue weighted by molar-refractivity contribution is 7.89. The molecular weight excluding hydrogens is 442 g/mol. The molecular formula is C23H29N5O4S. The van der Waals surface area contributed by atoms with E-state index in [1.807, 2.05) is 4.90 Å². The van der Waals surface area contributed by atoms with Crippen LogP contribution in [0, 0.1) is 11.3 Å². The van der Waals surface area contributed by atoms with E-state index in [0.717, 1.165) is 0 Å². The maximum absolute atomic E-state index is 13.3. The van der Waals surface area contributed by atoms with Gasteiger partial charge in [-0.15, -0.1) is 0 Å². The van der Waals surface area contributed by atoms with Crippen LogP contribution in [0.2, 0.25) is 0 Å².